The molecule has 1 fully saturated rings. The molecule has 2 aliphatic rings. The van der Waals surface area contributed by atoms with Crippen LogP contribution >= 0.6 is 0 Å². The minimum Gasteiger partial charge on any atom is -0.495 e. The lowest BCUT2D eigenvalue weighted by atomic mass is 9.81. The van der Waals surface area contributed by atoms with Gasteiger partial charge in [-0.3, -0.25) is 9.78 Å². The van der Waals surface area contributed by atoms with Crippen LogP contribution in [0.4, 0.5) is 10.5 Å². The average Bonchev–Trinajstić information content (AvgIpc) is 2.80. The van der Waals surface area contributed by atoms with Gasteiger partial charge in [0.25, 0.3) is 5.56 Å². The number of methoxy groups -OCH3 is 1. The normalized spacial score (nSPS) is 19.5. The maximum absolute atomic E-state index is 13.1. The number of carbonyl (C=O) groups excluding carboxylic acids is 1. The topological polar surface area (TPSA) is 76.5 Å². The fourth-order valence-electron chi connectivity index (χ4n) is 4.89. The van der Waals surface area contributed by atoms with Crippen LogP contribution in [0.1, 0.15) is 18.0 Å². The SMILES string of the molecule is COc1ccccc1NC(=O)N1C[C@H]2C[C@H](C1)c1c(-c3cccnc3)ccc(=O)n1C2. The number of anilines is 1. The first-order valence-corrected chi connectivity index (χ1v) is 10.5. The van der Waals surface area contributed by atoms with Gasteiger partial charge in [-0.25, -0.2) is 4.79 Å². The van der Waals surface area contributed by atoms with Crippen LogP contribution in [0.5, 0.6) is 5.75 Å². The number of urea groups is 1. The van der Waals surface area contributed by atoms with Gasteiger partial charge in [-0.15, -0.1) is 0 Å². The first kappa shape index (κ1) is 19.4. The van der Waals surface area contributed by atoms with Gasteiger partial charge in [-0.05, 0) is 36.6 Å². The van der Waals surface area contributed by atoms with Gasteiger partial charge in [0.15, 0.2) is 0 Å². The molecular formula is C24H24N4O3. The molecule has 2 atom stereocenters. The Morgan fingerprint density at radius 1 is 1.10 bits per heavy atom. The van der Waals surface area contributed by atoms with Crippen molar-refractivity contribution in [1.29, 1.82) is 0 Å². The van der Waals surface area contributed by atoms with Crippen molar-refractivity contribution in [1.82, 2.24) is 14.5 Å². The molecule has 158 valence electrons. The number of nitrogens with zero attached hydrogens (tertiary/aromatic N) is 3. The van der Waals surface area contributed by atoms with Crippen molar-refractivity contribution in [3.63, 3.8) is 0 Å². The third kappa shape index (κ3) is 3.56. The number of ether oxygens (including phenoxy) is 1. The number of likely N-dealkylation sites (tertiary alicyclic amines) is 1. The summed E-state index contributed by atoms with van der Waals surface area (Å²) in [5, 5.41) is 2.99. The molecule has 31 heavy (non-hydrogen) atoms. The smallest absolute Gasteiger partial charge is 0.321 e. The van der Waals surface area contributed by atoms with Crippen LogP contribution in [0.25, 0.3) is 11.1 Å². The number of para-hydroxylation sites is 2. The van der Waals surface area contributed by atoms with E-state index in [1.807, 2.05) is 58.1 Å². The van der Waals surface area contributed by atoms with E-state index < -0.39 is 0 Å². The molecule has 0 saturated carbocycles. The van der Waals surface area contributed by atoms with Crippen molar-refractivity contribution in [2.24, 2.45) is 5.92 Å². The highest BCUT2D eigenvalue weighted by atomic mass is 16.5. The third-order valence-corrected chi connectivity index (χ3v) is 6.20. The van der Waals surface area contributed by atoms with Crippen molar-refractivity contribution in [3.8, 4) is 16.9 Å². The van der Waals surface area contributed by atoms with Gasteiger partial charge in [0.05, 0.1) is 12.8 Å². The minimum absolute atomic E-state index is 0.0178. The summed E-state index contributed by atoms with van der Waals surface area (Å²) in [4.78, 5) is 31.8. The summed E-state index contributed by atoms with van der Waals surface area (Å²) in [5.74, 6) is 0.973. The number of carbonyl (C=O) groups is 1. The Morgan fingerprint density at radius 3 is 2.77 bits per heavy atom. The first-order chi connectivity index (χ1) is 15.1. The van der Waals surface area contributed by atoms with Crippen LogP contribution in [-0.4, -0.2) is 40.7 Å². The van der Waals surface area contributed by atoms with Crippen molar-refractivity contribution in [2.45, 2.75) is 18.9 Å². The van der Waals surface area contributed by atoms with Gasteiger partial charge in [0, 0.05) is 60.8 Å². The molecule has 0 radical (unpaired) electrons. The quantitative estimate of drug-likeness (QED) is 0.708. The maximum Gasteiger partial charge on any atom is 0.321 e. The number of amides is 2. The zero-order valence-corrected chi connectivity index (χ0v) is 17.3. The minimum atomic E-state index is -0.145. The van der Waals surface area contributed by atoms with E-state index in [9.17, 15) is 9.59 Å². The molecule has 0 aliphatic carbocycles. The van der Waals surface area contributed by atoms with Crippen LogP contribution in [0.3, 0.4) is 0 Å². The van der Waals surface area contributed by atoms with Gasteiger partial charge in [0.2, 0.25) is 0 Å². The second-order valence-corrected chi connectivity index (χ2v) is 8.16. The largest absolute Gasteiger partial charge is 0.495 e. The number of hydrogen-bond donors (Lipinski definition) is 1. The van der Waals surface area contributed by atoms with E-state index in [-0.39, 0.29) is 23.4 Å². The Labute approximate surface area is 180 Å². The number of fused-ring (bicyclic) bond motifs is 4. The number of benzene rings is 1. The van der Waals surface area contributed by atoms with Crippen LogP contribution in [0.15, 0.2) is 65.7 Å². The molecular weight excluding hydrogens is 392 g/mol. The van der Waals surface area contributed by atoms with Crippen molar-refractivity contribution in [2.75, 3.05) is 25.5 Å². The molecule has 5 rings (SSSR count). The second kappa shape index (κ2) is 7.91. The zero-order chi connectivity index (χ0) is 21.4. The predicted molar refractivity (Wildman–Crippen MR) is 118 cm³/mol. The van der Waals surface area contributed by atoms with Gasteiger partial charge < -0.3 is 19.5 Å². The second-order valence-electron chi connectivity index (χ2n) is 8.16. The maximum atomic E-state index is 13.1. The van der Waals surface area contributed by atoms with E-state index in [1.54, 1.807) is 19.4 Å². The average molecular weight is 416 g/mol. The van der Waals surface area contributed by atoms with Gasteiger partial charge in [-0.1, -0.05) is 18.2 Å². The van der Waals surface area contributed by atoms with Gasteiger partial charge in [-0.2, -0.15) is 0 Å². The molecule has 1 N–H and O–H groups in total. The lowest BCUT2D eigenvalue weighted by Crippen LogP contribution is -2.50. The molecule has 2 amide bonds. The number of aromatic nitrogens is 2. The number of nitrogens with one attached hydrogen (secondary N) is 1. The fraction of sp³-hybridized carbons (Fsp3) is 0.292. The van der Waals surface area contributed by atoms with Crippen LogP contribution in [-0.2, 0) is 6.54 Å². The summed E-state index contributed by atoms with van der Waals surface area (Å²) < 4.78 is 7.25. The molecule has 0 spiro atoms. The monoisotopic (exact) mass is 416 g/mol. The summed E-state index contributed by atoms with van der Waals surface area (Å²) in [6.07, 6.45) is 4.53. The molecule has 2 bridgehead atoms. The van der Waals surface area contributed by atoms with Crippen LogP contribution in [0.2, 0.25) is 0 Å². The number of pyridine rings is 2. The zero-order valence-electron chi connectivity index (χ0n) is 17.3. The van der Waals surface area contributed by atoms with Gasteiger partial charge >= 0.3 is 6.03 Å². The summed E-state index contributed by atoms with van der Waals surface area (Å²) in [7, 11) is 1.59. The van der Waals surface area contributed by atoms with Gasteiger partial charge in [0.1, 0.15) is 5.75 Å². The highest BCUT2D eigenvalue weighted by molar-refractivity contribution is 5.91. The fourth-order valence-corrected chi connectivity index (χ4v) is 4.89. The molecule has 3 aromatic rings. The highest BCUT2D eigenvalue weighted by Gasteiger charge is 2.38. The first-order valence-electron chi connectivity index (χ1n) is 10.5. The standard InChI is InChI=1S/C24H24N4O3/c1-31-21-7-3-2-6-20(21)26-24(30)27-13-16-11-18(15-27)23-19(17-5-4-10-25-12-17)8-9-22(29)28(23)14-16/h2-10,12,16,18H,11,13-15H2,1H3,(H,26,30)/t16-,18-/m1/s1. The molecule has 1 aromatic carbocycles. The van der Waals surface area contributed by atoms with Crippen LogP contribution in [0, 0.1) is 5.92 Å². The molecule has 4 heterocycles. The summed E-state index contributed by atoms with van der Waals surface area (Å²) >= 11 is 0. The Kier molecular flexibility index (Phi) is 4.94. The van der Waals surface area contributed by atoms with E-state index in [2.05, 4.69) is 10.3 Å². The Morgan fingerprint density at radius 2 is 1.97 bits per heavy atom. The Balaban J connectivity index is 1.46. The molecule has 7 nitrogen and oxygen atoms in total. The Bertz CT molecular complexity index is 1170. The number of piperidine rings is 1. The molecule has 2 aromatic heterocycles. The van der Waals surface area contributed by atoms with E-state index in [4.69, 9.17) is 4.74 Å². The molecule has 7 heteroatoms. The summed E-state index contributed by atoms with van der Waals surface area (Å²) in [6, 6.07) is 14.7. The highest BCUT2D eigenvalue weighted by Crippen LogP contribution is 2.40. The molecule has 2 aliphatic heterocycles. The number of rotatable bonds is 3. The van der Waals surface area contributed by atoms with E-state index in [0.29, 0.717) is 31.1 Å². The lowest BCUT2D eigenvalue weighted by molar-refractivity contribution is 0.140. The predicted octanol–water partition coefficient (Wildman–Crippen LogP) is 3.57. The lowest BCUT2D eigenvalue weighted by Gasteiger charge is -2.43. The number of hydrogen-bond acceptors (Lipinski definition) is 4. The molecule has 0 unspecified atom stereocenters. The van der Waals surface area contributed by atoms with E-state index >= 15 is 0 Å². The van der Waals surface area contributed by atoms with Crippen molar-refractivity contribution < 1.29 is 9.53 Å². The Hall–Kier alpha value is -3.61. The van der Waals surface area contributed by atoms with E-state index in [1.165, 1.54) is 0 Å². The summed E-state index contributed by atoms with van der Waals surface area (Å²) in [6.45, 7) is 1.81. The van der Waals surface area contributed by atoms with Crippen LogP contribution < -0.4 is 15.6 Å². The van der Waals surface area contributed by atoms with Crippen molar-refractivity contribution >= 4 is 11.7 Å². The van der Waals surface area contributed by atoms with E-state index in [0.717, 1.165) is 23.2 Å². The third-order valence-electron chi connectivity index (χ3n) is 6.20. The van der Waals surface area contributed by atoms with Crippen molar-refractivity contribution in [3.05, 3.63) is 77.0 Å². The summed E-state index contributed by atoms with van der Waals surface area (Å²) in [5.41, 5.74) is 3.68. The molecule has 1 saturated heterocycles.